The summed E-state index contributed by atoms with van der Waals surface area (Å²) < 4.78 is 1.53. The third-order valence-electron chi connectivity index (χ3n) is 2.19. The predicted octanol–water partition coefficient (Wildman–Crippen LogP) is 2.21. The molecule has 16 heavy (non-hydrogen) atoms. The Morgan fingerprint density at radius 2 is 2.06 bits per heavy atom. The minimum absolute atomic E-state index is 0.152. The number of hydrogen-bond acceptors (Lipinski definition) is 2. The van der Waals surface area contributed by atoms with Gasteiger partial charge in [0.1, 0.15) is 5.56 Å². The maximum Gasteiger partial charge on any atom is 0.339 e. The van der Waals surface area contributed by atoms with Crippen LogP contribution in [0.3, 0.4) is 0 Å². The number of aromatic nitrogens is 2. The molecule has 0 spiro atoms. The van der Waals surface area contributed by atoms with Crippen LogP contribution in [0.25, 0.3) is 11.8 Å². The summed E-state index contributed by atoms with van der Waals surface area (Å²) in [6, 6.07) is 9.33. The van der Waals surface area contributed by atoms with E-state index in [0.717, 1.165) is 5.69 Å². The van der Waals surface area contributed by atoms with E-state index in [-0.39, 0.29) is 5.56 Å². The first kappa shape index (κ1) is 10.2. The van der Waals surface area contributed by atoms with Crippen molar-refractivity contribution < 1.29 is 9.90 Å². The highest BCUT2D eigenvalue weighted by molar-refractivity contribution is 5.91. The number of aromatic carboxylic acids is 1. The van der Waals surface area contributed by atoms with Crippen molar-refractivity contribution in [2.75, 3.05) is 0 Å². The molecule has 1 aromatic carbocycles. The van der Waals surface area contributed by atoms with Crippen LogP contribution in [-0.4, -0.2) is 20.9 Å². The van der Waals surface area contributed by atoms with Crippen molar-refractivity contribution in [3.05, 3.63) is 54.4 Å². The second kappa shape index (κ2) is 4.02. The molecule has 2 rings (SSSR count). The molecule has 0 radical (unpaired) electrons. The lowest BCUT2D eigenvalue weighted by Crippen LogP contribution is -1.96. The van der Waals surface area contributed by atoms with Gasteiger partial charge in [0.05, 0.1) is 11.4 Å². The van der Waals surface area contributed by atoms with Crippen molar-refractivity contribution >= 4 is 12.0 Å². The smallest absolute Gasteiger partial charge is 0.339 e. The first-order valence-corrected chi connectivity index (χ1v) is 4.73. The van der Waals surface area contributed by atoms with Crippen LogP contribution in [0.15, 0.2) is 43.1 Å². The summed E-state index contributed by atoms with van der Waals surface area (Å²) in [7, 11) is 0. The molecule has 0 amide bonds. The highest BCUT2D eigenvalue weighted by atomic mass is 16.4. The lowest BCUT2D eigenvalue weighted by atomic mass is 10.2. The average molecular weight is 214 g/mol. The van der Waals surface area contributed by atoms with Crippen molar-refractivity contribution in [1.82, 2.24) is 9.78 Å². The van der Waals surface area contributed by atoms with Crippen LogP contribution >= 0.6 is 0 Å². The molecule has 0 saturated carbocycles. The molecule has 0 aliphatic heterocycles. The van der Waals surface area contributed by atoms with E-state index in [9.17, 15) is 4.79 Å². The molecule has 1 heterocycles. The lowest BCUT2D eigenvalue weighted by Gasteiger charge is -1.98. The molecule has 0 atom stereocenters. The molecular weight excluding hydrogens is 204 g/mol. The topological polar surface area (TPSA) is 55.1 Å². The number of carbonyl (C=O) groups is 1. The zero-order chi connectivity index (χ0) is 11.5. The van der Waals surface area contributed by atoms with Crippen molar-refractivity contribution in [2.24, 2.45) is 0 Å². The number of hydrogen-bond donors (Lipinski definition) is 1. The van der Waals surface area contributed by atoms with Gasteiger partial charge in [-0.2, -0.15) is 5.10 Å². The summed E-state index contributed by atoms with van der Waals surface area (Å²) in [5.74, 6) is -1.00. The Morgan fingerprint density at radius 1 is 1.38 bits per heavy atom. The zero-order valence-electron chi connectivity index (χ0n) is 8.50. The maximum absolute atomic E-state index is 10.9. The number of benzene rings is 1. The Morgan fingerprint density at radius 3 is 2.56 bits per heavy atom. The molecular formula is C12H10N2O2. The standard InChI is InChI=1S/C12H10N2O2/c1-2-11-10(12(15)16)8-14(13-11)9-6-4-3-5-7-9/h2-8H,1H2,(H,15,16). The predicted molar refractivity (Wildman–Crippen MR) is 60.6 cm³/mol. The van der Waals surface area contributed by atoms with E-state index in [1.54, 1.807) is 0 Å². The minimum atomic E-state index is -1.00. The molecule has 4 heteroatoms. The quantitative estimate of drug-likeness (QED) is 0.852. The van der Waals surface area contributed by atoms with Crippen molar-refractivity contribution in [3.63, 3.8) is 0 Å². The normalized spacial score (nSPS) is 10.0. The minimum Gasteiger partial charge on any atom is -0.478 e. The van der Waals surface area contributed by atoms with Gasteiger partial charge < -0.3 is 5.11 Å². The van der Waals surface area contributed by atoms with Gasteiger partial charge in [0.25, 0.3) is 0 Å². The first-order chi connectivity index (χ1) is 7.72. The monoisotopic (exact) mass is 214 g/mol. The fourth-order valence-corrected chi connectivity index (χ4v) is 1.42. The first-order valence-electron chi connectivity index (χ1n) is 4.73. The summed E-state index contributed by atoms with van der Waals surface area (Å²) in [6.45, 7) is 3.54. The molecule has 1 aromatic heterocycles. The van der Waals surface area contributed by atoms with E-state index in [0.29, 0.717) is 5.69 Å². The summed E-state index contributed by atoms with van der Waals surface area (Å²) in [4.78, 5) is 10.9. The maximum atomic E-state index is 10.9. The summed E-state index contributed by atoms with van der Waals surface area (Å²) in [5, 5.41) is 13.1. The summed E-state index contributed by atoms with van der Waals surface area (Å²) in [6.07, 6.45) is 2.91. The van der Waals surface area contributed by atoms with Crippen molar-refractivity contribution in [1.29, 1.82) is 0 Å². The van der Waals surface area contributed by atoms with Crippen LogP contribution < -0.4 is 0 Å². The molecule has 80 valence electrons. The third kappa shape index (κ3) is 1.72. The van der Waals surface area contributed by atoms with E-state index in [2.05, 4.69) is 11.7 Å². The Bertz CT molecular complexity index is 529. The van der Waals surface area contributed by atoms with Gasteiger partial charge in [-0.15, -0.1) is 0 Å². The molecule has 2 aromatic rings. The van der Waals surface area contributed by atoms with Crippen LogP contribution in [-0.2, 0) is 0 Å². The number of carboxylic acid groups (broad SMARTS) is 1. The molecule has 0 aliphatic carbocycles. The Kier molecular flexibility index (Phi) is 2.55. The third-order valence-corrected chi connectivity index (χ3v) is 2.19. The van der Waals surface area contributed by atoms with Gasteiger partial charge in [0.2, 0.25) is 0 Å². The summed E-state index contributed by atoms with van der Waals surface area (Å²) >= 11 is 0. The fourth-order valence-electron chi connectivity index (χ4n) is 1.42. The molecule has 0 aliphatic rings. The number of nitrogens with zero attached hydrogens (tertiary/aromatic N) is 2. The van der Waals surface area contributed by atoms with Crippen LogP contribution in [0.2, 0.25) is 0 Å². The summed E-state index contributed by atoms with van der Waals surface area (Å²) in [5.41, 5.74) is 1.34. The van der Waals surface area contributed by atoms with Crippen molar-refractivity contribution in [3.8, 4) is 5.69 Å². The van der Waals surface area contributed by atoms with Gasteiger partial charge in [-0.3, -0.25) is 0 Å². The lowest BCUT2D eigenvalue weighted by molar-refractivity contribution is 0.0696. The van der Waals surface area contributed by atoms with E-state index < -0.39 is 5.97 Å². The molecule has 1 N–H and O–H groups in total. The largest absolute Gasteiger partial charge is 0.478 e. The van der Waals surface area contributed by atoms with E-state index >= 15 is 0 Å². The van der Waals surface area contributed by atoms with Crippen LogP contribution in [0, 0.1) is 0 Å². The Hall–Kier alpha value is -2.36. The molecule has 0 fully saturated rings. The van der Waals surface area contributed by atoms with Gasteiger partial charge in [-0.05, 0) is 18.2 Å². The number of para-hydroxylation sites is 1. The van der Waals surface area contributed by atoms with E-state index in [1.165, 1.54) is 17.0 Å². The second-order valence-electron chi connectivity index (χ2n) is 3.22. The SMILES string of the molecule is C=Cc1nn(-c2ccccc2)cc1C(=O)O. The molecule has 0 unspecified atom stereocenters. The van der Waals surface area contributed by atoms with Crippen LogP contribution in [0.5, 0.6) is 0 Å². The van der Waals surface area contributed by atoms with Gasteiger partial charge >= 0.3 is 5.97 Å². The Balaban J connectivity index is 2.52. The molecule has 4 nitrogen and oxygen atoms in total. The zero-order valence-corrected chi connectivity index (χ0v) is 8.50. The van der Waals surface area contributed by atoms with Gasteiger partial charge in [0, 0.05) is 6.20 Å². The van der Waals surface area contributed by atoms with Gasteiger partial charge in [0.15, 0.2) is 0 Å². The number of rotatable bonds is 3. The van der Waals surface area contributed by atoms with E-state index in [1.807, 2.05) is 30.3 Å². The van der Waals surface area contributed by atoms with E-state index in [4.69, 9.17) is 5.11 Å². The highest BCUT2D eigenvalue weighted by Gasteiger charge is 2.13. The Labute approximate surface area is 92.5 Å². The second-order valence-corrected chi connectivity index (χ2v) is 3.22. The molecule has 0 bridgehead atoms. The van der Waals surface area contributed by atoms with Gasteiger partial charge in [-0.1, -0.05) is 24.8 Å². The van der Waals surface area contributed by atoms with Crippen LogP contribution in [0.1, 0.15) is 16.1 Å². The highest BCUT2D eigenvalue weighted by Crippen LogP contribution is 2.13. The van der Waals surface area contributed by atoms with Crippen molar-refractivity contribution in [2.45, 2.75) is 0 Å². The number of carboxylic acids is 1. The van der Waals surface area contributed by atoms with Gasteiger partial charge in [-0.25, -0.2) is 9.48 Å². The molecule has 0 saturated heterocycles. The fraction of sp³-hybridized carbons (Fsp3) is 0. The average Bonchev–Trinajstić information content (AvgIpc) is 2.74. The van der Waals surface area contributed by atoms with Crippen LogP contribution in [0.4, 0.5) is 0 Å².